The summed E-state index contributed by atoms with van der Waals surface area (Å²) in [6, 6.07) is 0.619. The smallest absolute Gasteiger partial charge is 0.247 e. The Hall–Kier alpha value is -0.790. The highest BCUT2D eigenvalue weighted by Crippen LogP contribution is 2.27. The highest BCUT2D eigenvalue weighted by molar-refractivity contribution is 4.90. The predicted molar refractivity (Wildman–Crippen MR) is 198 cm³/mol. The van der Waals surface area contributed by atoms with E-state index in [9.17, 15) is 0 Å². The third-order valence-corrected chi connectivity index (χ3v) is 10.4. The third kappa shape index (κ3) is 23.5. The molecule has 1 aromatic heterocycles. The summed E-state index contributed by atoms with van der Waals surface area (Å²) in [6.45, 7) is 9.42. The van der Waals surface area contributed by atoms with Gasteiger partial charge in [-0.1, -0.05) is 207 Å². The molecule has 0 aromatic carbocycles. The van der Waals surface area contributed by atoms with Crippen LogP contribution < -0.4 is 4.57 Å². The fourth-order valence-electron chi connectivity index (χ4n) is 7.31. The van der Waals surface area contributed by atoms with Gasteiger partial charge in [-0.2, -0.15) is 0 Å². The molecule has 0 aliphatic rings. The lowest BCUT2D eigenvalue weighted by Gasteiger charge is -2.17. The van der Waals surface area contributed by atoms with Gasteiger partial charge in [-0.3, -0.25) is 0 Å². The Morgan fingerprint density at radius 2 is 0.727 bits per heavy atom. The molecular weight excluding hydrogens is 532 g/mol. The largest absolute Gasteiger partial charge is 0.257 e. The number of nitrogens with one attached hydrogen (secondary N) is 1. The second kappa shape index (κ2) is 32.2. The number of hydrogen-bond donors (Lipinski definition) is 1. The average molecular weight is 616 g/mol. The number of aromatic nitrogens is 2. The van der Waals surface area contributed by atoms with Crippen molar-refractivity contribution in [1.29, 1.82) is 0 Å². The summed E-state index contributed by atoms with van der Waals surface area (Å²) in [5.41, 5.74) is 0. The number of aromatic amines is 1. The van der Waals surface area contributed by atoms with Crippen LogP contribution in [0.5, 0.6) is 0 Å². The van der Waals surface area contributed by atoms with Crippen LogP contribution in [0.15, 0.2) is 12.4 Å². The van der Waals surface area contributed by atoms with E-state index in [0.717, 1.165) is 0 Å². The van der Waals surface area contributed by atoms with E-state index in [2.05, 4.69) is 49.6 Å². The van der Waals surface area contributed by atoms with Gasteiger partial charge in [0, 0.05) is 0 Å². The number of nitrogens with zero attached hydrogens (tertiary/aromatic N) is 1. The van der Waals surface area contributed by atoms with E-state index < -0.39 is 0 Å². The minimum Gasteiger partial charge on any atom is -0.247 e. The minimum atomic E-state index is 0.619. The van der Waals surface area contributed by atoms with Crippen molar-refractivity contribution in [3.63, 3.8) is 0 Å². The van der Waals surface area contributed by atoms with E-state index in [1.54, 1.807) is 0 Å². The first-order valence-electron chi connectivity index (χ1n) is 20.8. The lowest BCUT2D eigenvalue weighted by molar-refractivity contribution is -0.727. The number of imidazole rings is 1. The van der Waals surface area contributed by atoms with Gasteiger partial charge >= 0.3 is 0 Å². The quantitative estimate of drug-likeness (QED) is 0.0579. The number of unbranched alkanes of at least 4 members (excludes halogenated alkanes) is 27. The molecule has 0 saturated heterocycles. The maximum atomic E-state index is 3.75. The van der Waals surface area contributed by atoms with Crippen LogP contribution in [0.25, 0.3) is 0 Å². The van der Waals surface area contributed by atoms with E-state index in [1.807, 2.05) is 0 Å². The molecule has 0 amide bonds. The molecule has 2 unspecified atom stereocenters. The van der Waals surface area contributed by atoms with Crippen LogP contribution in [-0.4, -0.2) is 4.98 Å². The maximum Gasteiger partial charge on any atom is 0.257 e. The highest BCUT2D eigenvalue weighted by atomic mass is 15.1. The van der Waals surface area contributed by atoms with Gasteiger partial charge in [0.2, 0.25) is 0 Å². The van der Waals surface area contributed by atoms with Gasteiger partial charge in [0.1, 0.15) is 12.4 Å². The highest BCUT2D eigenvalue weighted by Gasteiger charge is 2.25. The van der Waals surface area contributed by atoms with Crippen molar-refractivity contribution in [1.82, 2.24) is 4.98 Å². The molecule has 0 aliphatic carbocycles. The van der Waals surface area contributed by atoms with Gasteiger partial charge in [0.25, 0.3) is 5.82 Å². The summed E-state index contributed by atoms with van der Waals surface area (Å²) < 4.78 is 2.64. The number of H-pyrrole nitrogens is 1. The van der Waals surface area contributed by atoms with Crippen molar-refractivity contribution in [3.05, 3.63) is 18.2 Å². The lowest BCUT2D eigenvalue weighted by Crippen LogP contribution is -2.41. The van der Waals surface area contributed by atoms with Crippen molar-refractivity contribution < 1.29 is 4.57 Å². The SMILES string of the molecule is CCCCCCCCCCCCCCC(C)[n+]1cc[nH]c1C(CCCCCCCCC)CCCCCCCCCCCCC. The predicted octanol–water partition coefficient (Wildman–Crippen LogP) is 14.9. The van der Waals surface area contributed by atoms with E-state index >= 15 is 0 Å². The fourth-order valence-corrected chi connectivity index (χ4v) is 7.31. The van der Waals surface area contributed by atoms with Crippen LogP contribution in [0, 0.1) is 0 Å². The molecule has 260 valence electrons. The first-order chi connectivity index (χ1) is 21.7. The summed E-state index contributed by atoms with van der Waals surface area (Å²) in [6.07, 6.45) is 51.6. The molecule has 2 nitrogen and oxygen atoms in total. The summed E-state index contributed by atoms with van der Waals surface area (Å²) in [5, 5.41) is 0. The standard InChI is InChI=1S/C42H82N2/c1-5-8-11-14-17-19-21-23-24-27-29-32-35-40(4)44-39-38-43-42(44)41(36-33-30-26-16-13-10-7-3)37-34-31-28-25-22-20-18-15-12-9-6-2/h38-41H,5-37H2,1-4H3/p+1. The summed E-state index contributed by atoms with van der Waals surface area (Å²) in [4.78, 5) is 3.75. The van der Waals surface area contributed by atoms with E-state index in [-0.39, 0.29) is 0 Å². The molecular formula is C42H83N2+. The monoisotopic (exact) mass is 616 g/mol. The molecule has 0 bridgehead atoms. The Bertz CT molecular complexity index is 679. The van der Waals surface area contributed by atoms with Gasteiger partial charge in [0.15, 0.2) is 0 Å². The molecule has 0 aliphatic heterocycles. The summed E-state index contributed by atoms with van der Waals surface area (Å²) in [7, 11) is 0. The Kier molecular flexibility index (Phi) is 30.1. The second-order valence-electron chi connectivity index (χ2n) is 14.7. The van der Waals surface area contributed by atoms with Crippen LogP contribution in [0.2, 0.25) is 0 Å². The molecule has 1 N–H and O–H groups in total. The van der Waals surface area contributed by atoms with Crippen molar-refractivity contribution in [2.24, 2.45) is 0 Å². The number of rotatable bonds is 35. The van der Waals surface area contributed by atoms with E-state index in [1.165, 1.54) is 218 Å². The maximum absolute atomic E-state index is 3.75. The molecule has 1 aromatic rings. The van der Waals surface area contributed by atoms with Crippen LogP contribution in [0.3, 0.4) is 0 Å². The van der Waals surface area contributed by atoms with Gasteiger partial charge < -0.3 is 0 Å². The van der Waals surface area contributed by atoms with Crippen molar-refractivity contribution in [2.75, 3.05) is 0 Å². The van der Waals surface area contributed by atoms with E-state index in [0.29, 0.717) is 12.0 Å². The molecule has 0 radical (unpaired) electrons. The Morgan fingerprint density at radius 3 is 1.07 bits per heavy atom. The van der Waals surface area contributed by atoms with Crippen molar-refractivity contribution in [2.45, 2.75) is 252 Å². The molecule has 0 spiro atoms. The van der Waals surface area contributed by atoms with Crippen molar-refractivity contribution >= 4 is 0 Å². The van der Waals surface area contributed by atoms with Crippen LogP contribution >= 0.6 is 0 Å². The van der Waals surface area contributed by atoms with Crippen molar-refractivity contribution in [3.8, 4) is 0 Å². The average Bonchev–Trinajstić information content (AvgIpc) is 3.52. The zero-order chi connectivity index (χ0) is 31.8. The molecule has 0 fully saturated rings. The number of hydrogen-bond acceptors (Lipinski definition) is 0. The van der Waals surface area contributed by atoms with Crippen LogP contribution in [-0.2, 0) is 0 Å². The Labute approximate surface area is 278 Å². The van der Waals surface area contributed by atoms with E-state index in [4.69, 9.17) is 0 Å². The van der Waals surface area contributed by atoms with Gasteiger partial charge in [-0.25, -0.2) is 9.55 Å². The second-order valence-corrected chi connectivity index (χ2v) is 14.7. The Balaban J connectivity index is 2.38. The molecule has 1 rings (SSSR count). The zero-order valence-electron chi connectivity index (χ0n) is 31.1. The van der Waals surface area contributed by atoms with Gasteiger partial charge in [0.05, 0.1) is 12.0 Å². The molecule has 2 heteroatoms. The van der Waals surface area contributed by atoms with Crippen LogP contribution in [0.1, 0.15) is 257 Å². The summed E-state index contributed by atoms with van der Waals surface area (Å²) in [5.74, 6) is 2.25. The molecule has 44 heavy (non-hydrogen) atoms. The fraction of sp³-hybridized carbons (Fsp3) is 0.929. The van der Waals surface area contributed by atoms with Gasteiger partial charge in [-0.05, 0) is 32.6 Å². The normalized spacial score (nSPS) is 13.1. The summed E-state index contributed by atoms with van der Waals surface area (Å²) >= 11 is 0. The molecule has 1 heterocycles. The molecule has 2 atom stereocenters. The lowest BCUT2D eigenvalue weighted by atomic mass is 9.92. The minimum absolute atomic E-state index is 0.619. The molecule has 0 saturated carbocycles. The first kappa shape index (κ1) is 41.2. The first-order valence-corrected chi connectivity index (χ1v) is 20.8. The zero-order valence-corrected chi connectivity index (χ0v) is 31.1. The van der Waals surface area contributed by atoms with Gasteiger partial charge in [-0.15, -0.1) is 0 Å². The third-order valence-electron chi connectivity index (χ3n) is 10.4. The topological polar surface area (TPSA) is 19.7 Å². The Morgan fingerprint density at radius 1 is 0.432 bits per heavy atom. The van der Waals surface area contributed by atoms with Crippen LogP contribution in [0.4, 0.5) is 0 Å².